The summed E-state index contributed by atoms with van der Waals surface area (Å²) in [4.78, 5) is 39.6. The lowest BCUT2D eigenvalue weighted by Gasteiger charge is -2.22. The summed E-state index contributed by atoms with van der Waals surface area (Å²) in [6.07, 6.45) is 1.84. The van der Waals surface area contributed by atoms with Gasteiger partial charge in [-0.1, -0.05) is 32.0 Å². The number of amides is 2. The van der Waals surface area contributed by atoms with Crippen molar-refractivity contribution >= 4 is 29.4 Å². The maximum absolute atomic E-state index is 13.0. The summed E-state index contributed by atoms with van der Waals surface area (Å²) >= 11 is 1.42. The molecule has 0 radical (unpaired) electrons. The number of aliphatic hydroxyl groups excluding tert-OH is 1. The Balaban J connectivity index is 1.52. The highest BCUT2D eigenvalue weighted by Gasteiger charge is 2.18. The van der Waals surface area contributed by atoms with Crippen LogP contribution in [0.15, 0.2) is 53.9 Å². The van der Waals surface area contributed by atoms with Crippen LogP contribution in [-0.4, -0.2) is 60.4 Å². The highest BCUT2D eigenvalue weighted by molar-refractivity contribution is 7.12. The van der Waals surface area contributed by atoms with E-state index in [0.29, 0.717) is 42.2 Å². The fraction of sp³-hybridized carbons (Fsp3) is 0.367. The van der Waals surface area contributed by atoms with Gasteiger partial charge in [-0.15, -0.1) is 11.3 Å². The van der Waals surface area contributed by atoms with Crippen molar-refractivity contribution in [1.82, 2.24) is 15.5 Å². The van der Waals surface area contributed by atoms with E-state index in [9.17, 15) is 19.5 Å². The SMILES string of the molecule is CCCN(CCC)C(=O)c1cc(C)cc(C(=O)NC[C@H](O)CNCc2cccc(-c3ccsc3C=O)c2)c1. The summed E-state index contributed by atoms with van der Waals surface area (Å²) in [6.45, 7) is 8.22. The number of aryl methyl sites for hydroxylation is 1. The number of benzene rings is 2. The molecule has 7 nitrogen and oxygen atoms in total. The van der Waals surface area contributed by atoms with Crippen LogP contribution in [0.1, 0.15) is 68.2 Å². The average Bonchev–Trinajstić information content (AvgIpc) is 3.40. The van der Waals surface area contributed by atoms with Gasteiger partial charge in [0.1, 0.15) is 0 Å². The molecule has 2 amide bonds. The minimum atomic E-state index is -0.781. The van der Waals surface area contributed by atoms with Crippen molar-refractivity contribution < 1.29 is 19.5 Å². The monoisotopic (exact) mass is 535 g/mol. The minimum absolute atomic E-state index is 0.0684. The molecule has 202 valence electrons. The molecule has 0 fully saturated rings. The summed E-state index contributed by atoms with van der Waals surface area (Å²) < 4.78 is 0. The zero-order valence-electron chi connectivity index (χ0n) is 22.3. The van der Waals surface area contributed by atoms with Crippen molar-refractivity contribution in [2.24, 2.45) is 0 Å². The zero-order chi connectivity index (χ0) is 27.5. The molecule has 0 bridgehead atoms. The lowest BCUT2D eigenvalue weighted by atomic mass is 10.0. The van der Waals surface area contributed by atoms with E-state index < -0.39 is 6.10 Å². The number of nitrogens with zero attached hydrogens (tertiary/aromatic N) is 1. The van der Waals surface area contributed by atoms with E-state index in [1.165, 1.54) is 11.3 Å². The summed E-state index contributed by atoms with van der Waals surface area (Å²) in [5.41, 5.74) is 4.66. The van der Waals surface area contributed by atoms with Crippen LogP contribution >= 0.6 is 11.3 Å². The van der Waals surface area contributed by atoms with Crippen LogP contribution < -0.4 is 10.6 Å². The first-order chi connectivity index (χ1) is 18.4. The molecule has 38 heavy (non-hydrogen) atoms. The molecule has 0 aliphatic carbocycles. The van der Waals surface area contributed by atoms with Gasteiger partial charge in [0.2, 0.25) is 0 Å². The molecule has 2 aromatic carbocycles. The fourth-order valence-electron chi connectivity index (χ4n) is 4.34. The highest BCUT2D eigenvalue weighted by atomic mass is 32.1. The predicted octanol–water partition coefficient (Wildman–Crippen LogP) is 4.68. The first-order valence-corrected chi connectivity index (χ1v) is 13.9. The number of aldehydes is 1. The zero-order valence-corrected chi connectivity index (χ0v) is 23.1. The molecule has 1 heterocycles. The van der Waals surface area contributed by atoms with Crippen LogP contribution in [-0.2, 0) is 6.54 Å². The second-order valence-electron chi connectivity index (χ2n) is 9.39. The van der Waals surface area contributed by atoms with E-state index in [1.807, 2.05) is 67.4 Å². The van der Waals surface area contributed by atoms with Gasteiger partial charge >= 0.3 is 0 Å². The second-order valence-corrected chi connectivity index (χ2v) is 10.3. The summed E-state index contributed by atoms with van der Waals surface area (Å²) in [5.74, 6) is -0.394. The van der Waals surface area contributed by atoms with Gasteiger partial charge in [-0.05, 0) is 72.2 Å². The molecule has 0 aliphatic rings. The first-order valence-electron chi connectivity index (χ1n) is 13.1. The number of thiophene rings is 1. The Morgan fingerprint density at radius 3 is 2.47 bits per heavy atom. The first kappa shape index (κ1) is 29.2. The summed E-state index contributed by atoms with van der Waals surface area (Å²) in [7, 11) is 0. The van der Waals surface area contributed by atoms with Crippen LogP contribution in [0.5, 0.6) is 0 Å². The summed E-state index contributed by atoms with van der Waals surface area (Å²) in [5, 5.41) is 18.3. The van der Waals surface area contributed by atoms with Gasteiger partial charge in [0, 0.05) is 49.4 Å². The van der Waals surface area contributed by atoms with E-state index in [0.717, 1.165) is 41.4 Å². The van der Waals surface area contributed by atoms with Crippen LogP contribution in [0, 0.1) is 6.92 Å². The van der Waals surface area contributed by atoms with E-state index in [-0.39, 0.29) is 18.4 Å². The third kappa shape index (κ3) is 8.08. The molecule has 0 saturated carbocycles. The van der Waals surface area contributed by atoms with Crippen LogP contribution in [0.3, 0.4) is 0 Å². The van der Waals surface area contributed by atoms with Gasteiger partial charge in [0.15, 0.2) is 6.29 Å². The Morgan fingerprint density at radius 1 is 1.03 bits per heavy atom. The largest absolute Gasteiger partial charge is 0.390 e. The fourth-order valence-corrected chi connectivity index (χ4v) is 5.06. The molecule has 0 aliphatic heterocycles. The van der Waals surface area contributed by atoms with Crippen molar-refractivity contribution in [2.75, 3.05) is 26.2 Å². The second kappa shape index (κ2) is 14.6. The maximum atomic E-state index is 13.0. The molecular weight excluding hydrogens is 498 g/mol. The van der Waals surface area contributed by atoms with Gasteiger partial charge < -0.3 is 20.6 Å². The molecule has 0 spiro atoms. The molecule has 8 heteroatoms. The average molecular weight is 536 g/mol. The quantitative estimate of drug-likeness (QED) is 0.261. The van der Waals surface area contributed by atoms with Crippen LogP contribution in [0.25, 0.3) is 11.1 Å². The Morgan fingerprint density at radius 2 is 1.76 bits per heavy atom. The molecular formula is C30H37N3O4S. The van der Waals surface area contributed by atoms with Crippen molar-refractivity contribution in [3.8, 4) is 11.1 Å². The minimum Gasteiger partial charge on any atom is -0.390 e. The van der Waals surface area contributed by atoms with E-state index in [2.05, 4.69) is 10.6 Å². The number of nitrogens with one attached hydrogen (secondary N) is 2. The highest BCUT2D eigenvalue weighted by Crippen LogP contribution is 2.27. The van der Waals surface area contributed by atoms with Crippen molar-refractivity contribution in [2.45, 2.75) is 46.3 Å². The van der Waals surface area contributed by atoms with Gasteiger partial charge in [0.05, 0.1) is 11.0 Å². The molecule has 0 unspecified atom stereocenters. The number of hydrogen-bond donors (Lipinski definition) is 3. The van der Waals surface area contributed by atoms with Crippen molar-refractivity contribution in [1.29, 1.82) is 0 Å². The Kier molecular flexibility index (Phi) is 11.2. The molecule has 0 saturated heterocycles. The maximum Gasteiger partial charge on any atom is 0.253 e. The molecule has 1 aromatic heterocycles. The van der Waals surface area contributed by atoms with Crippen LogP contribution in [0.2, 0.25) is 0 Å². The standard InChI is InChI=1S/C30H37N3O4S/c1-4-10-33(11-5-2)30(37)25-14-21(3)13-24(16-25)29(36)32-19-26(35)18-31-17-22-7-6-8-23(15-22)27-9-12-38-28(27)20-34/h6-9,12-16,20,26,31,35H,4-5,10-11,17-19H2,1-3H3,(H,32,36)/t26-/m1/s1. The van der Waals surface area contributed by atoms with Gasteiger partial charge in [-0.2, -0.15) is 0 Å². The van der Waals surface area contributed by atoms with E-state index >= 15 is 0 Å². The van der Waals surface area contributed by atoms with Gasteiger partial charge in [-0.25, -0.2) is 0 Å². The lowest BCUT2D eigenvalue weighted by molar-refractivity contribution is 0.0755. The Bertz CT molecular complexity index is 1230. The lowest BCUT2D eigenvalue weighted by Crippen LogP contribution is -2.38. The number of rotatable bonds is 14. The predicted molar refractivity (Wildman–Crippen MR) is 153 cm³/mol. The molecule has 3 aromatic rings. The van der Waals surface area contributed by atoms with Crippen molar-refractivity contribution in [3.63, 3.8) is 0 Å². The van der Waals surface area contributed by atoms with E-state index in [4.69, 9.17) is 0 Å². The topological polar surface area (TPSA) is 98.7 Å². The number of carbonyl (C=O) groups excluding carboxylic acids is 3. The third-order valence-corrected chi connectivity index (χ3v) is 6.95. The van der Waals surface area contributed by atoms with Gasteiger partial charge in [0.25, 0.3) is 11.8 Å². The Hall–Kier alpha value is -3.33. The molecule has 3 rings (SSSR count). The van der Waals surface area contributed by atoms with Crippen LogP contribution in [0.4, 0.5) is 0 Å². The smallest absolute Gasteiger partial charge is 0.253 e. The third-order valence-electron chi connectivity index (χ3n) is 6.11. The number of aliphatic hydroxyl groups is 1. The molecule has 3 N–H and O–H groups in total. The molecule has 1 atom stereocenters. The Labute approximate surface area is 228 Å². The normalized spacial score (nSPS) is 11.7. The number of hydrogen-bond acceptors (Lipinski definition) is 6. The number of carbonyl (C=O) groups is 3. The summed E-state index contributed by atoms with van der Waals surface area (Å²) in [6, 6.07) is 15.0. The van der Waals surface area contributed by atoms with Crippen molar-refractivity contribution in [3.05, 3.63) is 81.0 Å². The van der Waals surface area contributed by atoms with Gasteiger partial charge in [-0.3, -0.25) is 14.4 Å². The van der Waals surface area contributed by atoms with E-state index in [1.54, 1.807) is 12.1 Å².